The van der Waals surface area contributed by atoms with E-state index in [0.29, 0.717) is 0 Å². The third-order valence-electron chi connectivity index (χ3n) is 12.1. The van der Waals surface area contributed by atoms with Crippen molar-refractivity contribution in [3.8, 4) is 0 Å². The summed E-state index contributed by atoms with van der Waals surface area (Å²) in [6.07, 6.45) is -12.8. The normalized spacial score (nSPS) is 30.3. The van der Waals surface area contributed by atoms with Crippen molar-refractivity contribution in [2.75, 3.05) is 46.4 Å². The van der Waals surface area contributed by atoms with Crippen LogP contribution in [0.4, 0.5) is 19.2 Å². The summed E-state index contributed by atoms with van der Waals surface area (Å²) in [5.41, 5.74) is 0.694. The first-order valence-corrected chi connectivity index (χ1v) is 25.2. The lowest BCUT2D eigenvalue weighted by Crippen LogP contribution is -2.71. The molecule has 0 radical (unpaired) electrons. The molecule has 3 aliphatic heterocycles. The predicted molar refractivity (Wildman–Crippen MR) is 264 cm³/mol. The standard InChI is InChI=1S/C49H85N7O18/c1-45(2,3)71-41(62)51-18-17-31(57)39(61)53-30-22-29(54-42(63)72-46(4,5)6)33(34(59)37(30)70-40-35(60)38(49(13,66)25-68-40)55(14)43(64)73-47(7,8)9)36-28(16-15-26(23-50)69-36)52-32(58)21-27-24-56(19-20-67-27)44(65)74-48(10,11)12/h15,27-31,33-38,40,57,59-60,66H,16-25,50H2,1-14H3,(H,51,62)(H,52,58)(H,53,61)(H,54,63)/t27?,28-,29+,30-,31+,33-,34+,35-,36?,37+,38-,40-,49+/m1/s1. The van der Waals surface area contributed by atoms with Crippen molar-refractivity contribution < 1.29 is 87.1 Å². The van der Waals surface area contributed by atoms with Crippen molar-refractivity contribution in [2.45, 2.75) is 211 Å². The number of carbonyl (C=O) groups is 6. The molecule has 2 unspecified atom stereocenters. The third-order valence-corrected chi connectivity index (χ3v) is 12.1. The van der Waals surface area contributed by atoms with Gasteiger partial charge in [0.2, 0.25) is 11.8 Å². The summed E-state index contributed by atoms with van der Waals surface area (Å²) >= 11 is 0. The minimum atomic E-state index is -1.88. The molecule has 424 valence electrons. The van der Waals surface area contributed by atoms with E-state index in [0.717, 1.165) is 4.90 Å². The molecule has 6 amide bonds. The molecular formula is C49H85N7O18. The number of ether oxygens (including phenoxy) is 8. The second kappa shape index (κ2) is 24.9. The van der Waals surface area contributed by atoms with Crippen LogP contribution in [0.5, 0.6) is 0 Å². The van der Waals surface area contributed by atoms with Crippen molar-refractivity contribution in [1.82, 2.24) is 31.1 Å². The van der Waals surface area contributed by atoms with Gasteiger partial charge in [-0.15, -0.1) is 0 Å². The zero-order valence-electron chi connectivity index (χ0n) is 45.6. The third kappa shape index (κ3) is 18.5. The van der Waals surface area contributed by atoms with E-state index in [4.69, 9.17) is 43.6 Å². The molecule has 25 heteroatoms. The minimum Gasteiger partial charge on any atom is -0.491 e. The second-order valence-electron chi connectivity index (χ2n) is 23.6. The molecular weight excluding hydrogens is 975 g/mol. The quantitative estimate of drug-likeness (QED) is 0.111. The van der Waals surface area contributed by atoms with Gasteiger partial charge in [0.15, 0.2) is 6.29 Å². The maximum absolute atomic E-state index is 14.0. The van der Waals surface area contributed by atoms with Gasteiger partial charge in [-0.2, -0.15) is 0 Å². The van der Waals surface area contributed by atoms with Crippen molar-refractivity contribution in [3.05, 3.63) is 11.8 Å². The molecule has 0 aromatic rings. The SMILES string of the molecule is CN(C(=O)OC(C)(C)C)[C@@H]1[C@@H](O)[C@@H](O[C@@H]2[C@@H](O)[C@H](C3OC(CN)=CC[C@H]3NC(=O)CC3CN(C(=O)OC(C)(C)C)CCO3)[C@@H](NC(=O)OC(C)(C)C)C[C@H]2NC(=O)[C@@H](O)CCNC(=O)OC(C)(C)C)OC[C@]1(C)O. The molecule has 2 saturated heterocycles. The Morgan fingerprint density at radius 2 is 1.45 bits per heavy atom. The molecule has 3 fully saturated rings. The number of morpholine rings is 1. The Balaban J connectivity index is 1.74. The molecule has 4 rings (SSSR count). The van der Waals surface area contributed by atoms with Gasteiger partial charge in [-0.25, -0.2) is 19.2 Å². The zero-order chi connectivity index (χ0) is 55.9. The summed E-state index contributed by atoms with van der Waals surface area (Å²) in [5, 5.41) is 58.5. The minimum absolute atomic E-state index is 0.0629. The number of nitrogens with zero attached hydrogens (tertiary/aromatic N) is 2. The van der Waals surface area contributed by atoms with E-state index in [1.54, 1.807) is 89.2 Å². The van der Waals surface area contributed by atoms with E-state index < -0.39 is 144 Å². The van der Waals surface area contributed by atoms with Crippen LogP contribution < -0.4 is 27.0 Å². The number of alkyl carbamates (subject to hydrolysis) is 2. The number of aliphatic hydroxyl groups is 4. The van der Waals surface area contributed by atoms with Crippen molar-refractivity contribution in [2.24, 2.45) is 11.7 Å². The monoisotopic (exact) mass is 1060 g/mol. The topological polar surface area (TPSA) is 338 Å². The summed E-state index contributed by atoms with van der Waals surface area (Å²) in [5.74, 6) is -2.47. The van der Waals surface area contributed by atoms with Crippen LogP contribution in [-0.2, 0) is 47.5 Å². The van der Waals surface area contributed by atoms with Crippen LogP contribution in [0.1, 0.15) is 116 Å². The van der Waals surface area contributed by atoms with Gasteiger partial charge in [-0.3, -0.25) is 9.59 Å². The summed E-state index contributed by atoms with van der Waals surface area (Å²) in [7, 11) is 1.31. The lowest BCUT2D eigenvalue weighted by molar-refractivity contribution is -0.305. The van der Waals surface area contributed by atoms with Crippen LogP contribution in [0.15, 0.2) is 11.8 Å². The fourth-order valence-corrected chi connectivity index (χ4v) is 9.09. The number of aliphatic hydroxyl groups excluding tert-OH is 3. The molecule has 25 nitrogen and oxygen atoms in total. The van der Waals surface area contributed by atoms with Gasteiger partial charge in [0.25, 0.3) is 0 Å². The fraction of sp³-hybridized carbons (Fsp3) is 0.837. The lowest BCUT2D eigenvalue weighted by atomic mass is 9.72. The fourth-order valence-electron chi connectivity index (χ4n) is 9.09. The number of nitrogens with two attached hydrogens (primary N) is 1. The number of amides is 6. The molecule has 13 atom stereocenters. The summed E-state index contributed by atoms with van der Waals surface area (Å²) in [4.78, 5) is 82.7. The van der Waals surface area contributed by atoms with Gasteiger partial charge >= 0.3 is 24.4 Å². The molecule has 0 aromatic heterocycles. The van der Waals surface area contributed by atoms with Gasteiger partial charge in [0, 0.05) is 32.1 Å². The average molecular weight is 1060 g/mol. The molecule has 1 saturated carbocycles. The number of rotatable bonds is 14. The van der Waals surface area contributed by atoms with E-state index in [2.05, 4.69) is 21.3 Å². The number of hydrogen-bond donors (Lipinski definition) is 9. The highest BCUT2D eigenvalue weighted by Gasteiger charge is 2.56. The first-order valence-electron chi connectivity index (χ1n) is 25.2. The van der Waals surface area contributed by atoms with Crippen LogP contribution in [-0.4, -0.2) is 208 Å². The van der Waals surface area contributed by atoms with Gasteiger partial charge in [-0.05, 0) is 115 Å². The molecule has 3 heterocycles. The summed E-state index contributed by atoms with van der Waals surface area (Å²) in [6.45, 7) is 21.1. The zero-order valence-corrected chi connectivity index (χ0v) is 45.6. The largest absolute Gasteiger partial charge is 0.491 e. The molecule has 10 N–H and O–H groups in total. The van der Waals surface area contributed by atoms with Crippen molar-refractivity contribution >= 4 is 36.2 Å². The van der Waals surface area contributed by atoms with Gasteiger partial charge in [0.05, 0.1) is 63.1 Å². The maximum Gasteiger partial charge on any atom is 0.410 e. The molecule has 4 aliphatic rings. The molecule has 1 aliphatic carbocycles. The Bertz CT molecular complexity index is 1980. The number of hydrogen-bond acceptors (Lipinski definition) is 19. The van der Waals surface area contributed by atoms with Gasteiger partial charge in [0.1, 0.15) is 58.2 Å². The van der Waals surface area contributed by atoms with Crippen LogP contribution >= 0.6 is 0 Å². The highest BCUT2D eigenvalue weighted by Crippen LogP contribution is 2.39. The van der Waals surface area contributed by atoms with Crippen molar-refractivity contribution in [3.63, 3.8) is 0 Å². The first-order chi connectivity index (χ1) is 34.0. The summed E-state index contributed by atoms with van der Waals surface area (Å²) < 4.78 is 46.7. The Morgan fingerprint density at radius 1 is 0.838 bits per heavy atom. The Labute approximate surface area is 434 Å². The smallest absolute Gasteiger partial charge is 0.410 e. The van der Waals surface area contributed by atoms with Crippen molar-refractivity contribution in [1.29, 1.82) is 0 Å². The molecule has 0 spiro atoms. The van der Waals surface area contributed by atoms with Crippen LogP contribution in [0.2, 0.25) is 0 Å². The second-order valence-corrected chi connectivity index (χ2v) is 23.6. The number of carbonyl (C=O) groups excluding carboxylic acids is 6. The molecule has 0 bridgehead atoms. The highest BCUT2D eigenvalue weighted by atomic mass is 16.7. The van der Waals surface area contributed by atoms with Crippen LogP contribution in [0.25, 0.3) is 0 Å². The van der Waals surface area contributed by atoms with Crippen LogP contribution in [0, 0.1) is 5.92 Å². The van der Waals surface area contributed by atoms with E-state index in [1.165, 1.54) is 18.9 Å². The average Bonchev–Trinajstić information content (AvgIpc) is 3.23. The Kier molecular flexibility index (Phi) is 20.8. The van der Waals surface area contributed by atoms with Gasteiger partial charge < -0.3 is 95.1 Å². The molecule has 0 aromatic carbocycles. The highest BCUT2D eigenvalue weighted by molar-refractivity contribution is 5.81. The van der Waals surface area contributed by atoms with Crippen LogP contribution in [0.3, 0.4) is 0 Å². The van der Waals surface area contributed by atoms with E-state index in [1.807, 2.05) is 0 Å². The van der Waals surface area contributed by atoms with E-state index in [-0.39, 0.29) is 64.2 Å². The lowest BCUT2D eigenvalue weighted by Gasteiger charge is -2.52. The van der Waals surface area contributed by atoms with Gasteiger partial charge in [-0.1, -0.05) is 0 Å². The Morgan fingerprint density at radius 3 is 2.04 bits per heavy atom. The van der Waals surface area contributed by atoms with E-state index >= 15 is 0 Å². The maximum atomic E-state index is 14.0. The predicted octanol–water partition coefficient (Wildman–Crippen LogP) is 1.25. The number of likely N-dealkylation sites (N-methyl/N-ethyl adjacent to an activating group) is 1. The van der Waals surface area contributed by atoms with E-state index in [9.17, 15) is 49.2 Å². The Hall–Kier alpha value is -4.76. The summed E-state index contributed by atoms with van der Waals surface area (Å²) in [6, 6.07) is -4.87. The first kappa shape index (κ1) is 61.8. The number of nitrogens with one attached hydrogen (secondary N) is 4. The molecule has 74 heavy (non-hydrogen) atoms.